The molecular weight excluding hydrogens is 338 g/mol. The molecule has 1 aliphatic heterocycles. The first-order chi connectivity index (χ1) is 13.0. The molecule has 1 atom stereocenters. The SMILES string of the molecule is Cc1cc(C)n(CCCC(=O)N2CCC([C@@H](O)Cc3ccccc3)CC2)n1. The van der Waals surface area contributed by atoms with Gasteiger partial charge in [0.2, 0.25) is 5.91 Å². The lowest BCUT2D eigenvalue weighted by Crippen LogP contribution is -2.41. The highest BCUT2D eigenvalue weighted by molar-refractivity contribution is 5.76. The Morgan fingerprint density at radius 3 is 2.56 bits per heavy atom. The Kier molecular flexibility index (Phi) is 6.67. The molecule has 0 spiro atoms. The molecule has 27 heavy (non-hydrogen) atoms. The number of aryl methyl sites for hydroxylation is 3. The smallest absolute Gasteiger partial charge is 0.222 e. The Morgan fingerprint density at radius 1 is 1.22 bits per heavy atom. The number of aliphatic hydroxyl groups excluding tert-OH is 1. The molecule has 5 nitrogen and oxygen atoms in total. The highest BCUT2D eigenvalue weighted by Crippen LogP contribution is 2.23. The number of hydrogen-bond donors (Lipinski definition) is 1. The van der Waals surface area contributed by atoms with E-state index in [2.05, 4.69) is 23.3 Å². The summed E-state index contributed by atoms with van der Waals surface area (Å²) in [5.74, 6) is 0.511. The molecule has 0 radical (unpaired) electrons. The molecule has 0 unspecified atom stereocenters. The van der Waals surface area contributed by atoms with Crippen LogP contribution in [0.4, 0.5) is 0 Å². The second-order valence-corrected chi connectivity index (χ2v) is 7.73. The molecule has 1 aromatic carbocycles. The summed E-state index contributed by atoms with van der Waals surface area (Å²) in [6.07, 6.45) is 3.53. The number of carbonyl (C=O) groups is 1. The van der Waals surface area contributed by atoms with Crippen LogP contribution in [0, 0.1) is 19.8 Å². The molecule has 5 heteroatoms. The van der Waals surface area contributed by atoms with E-state index in [1.807, 2.05) is 41.6 Å². The predicted molar refractivity (Wildman–Crippen MR) is 106 cm³/mol. The van der Waals surface area contributed by atoms with E-state index in [4.69, 9.17) is 0 Å². The Hall–Kier alpha value is -2.14. The molecule has 1 fully saturated rings. The lowest BCUT2D eigenvalue weighted by molar-refractivity contribution is -0.133. The van der Waals surface area contributed by atoms with E-state index in [0.29, 0.717) is 12.8 Å². The molecule has 1 aromatic heterocycles. The van der Waals surface area contributed by atoms with Gasteiger partial charge in [0.1, 0.15) is 0 Å². The third-order valence-corrected chi connectivity index (χ3v) is 5.59. The molecular formula is C22H31N3O2. The minimum Gasteiger partial charge on any atom is -0.392 e. The molecule has 1 saturated heterocycles. The Bertz CT molecular complexity index is 733. The monoisotopic (exact) mass is 369 g/mol. The number of carbonyl (C=O) groups excluding carboxylic acids is 1. The normalized spacial score (nSPS) is 16.5. The topological polar surface area (TPSA) is 58.4 Å². The summed E-state index contributed by atoms with van der Waals surface area (Å²) < 4.78 is 1.98. The van der Waals surface area contributed by atoms with E-state index in [0.717, 1.165) is 50.3 Å². The van der Waals surface area contributed by atoms with Crippen molar-refractivity contribution in [3.63, 3.8) is 0 Å². The molecule has 0 bridgehead atoms. The molecule has 2 aromatic rings. The van der Waals surface area contributed by atoms with Crippen LogP contribution in [0.1, 0.15) is 42.6 Å². The summed E-state index contributed by atoms with van der Waals surface area (Å²) in [6, 6.07) is 12.2. The predicted octanol–water partition coefficient (Wildman–Crippen LogP) is 3.12. The quantitative estimate of drug-likeness (QED) is 0.816. The van der Waals surface area contributed by atoms with E-state index in [1.165, 1.54) is 5.56 Å². The molecule has 1 N–H and O–H groups in total. The molecule has 1 amide bonds. The number of hydrogen-bond acceptors (Lipinski definition) is 3. The standard InChI is InChI=1S/C22H31N3O2/c1-17-15-18(2)25(23-17)12-6-9-22(27)24-13-10-20(11-14-24)21(26)16-19-7-4-3-5-8-19/h3-5,7-8,15,20-21,26H,6,9-14,16H2,1-2H3/t21-/m0/s1. The van der Waals surface area contributed by atoms with Gasteiger partial charge in [-0.3, -0.25) is 9.48 Å². The van der Waals surface area contributed by atoms with Crippen molar-refractivity contribution in [2.75, 3.05) is 13.1 Å². The maximum atomic E-state index is 12.5. The molecule has 146 valence electrons. The average molecular weight is 370 g/mol. The van der Waals surface area contributed by atoms with E-state index in [-0.39, 0.29) is 17.9 Å². The van der Waals surface area contributed by atoms with Gasteiger partial charge in [0.25, 0.3) is 0 Å². The Labute approximate surface area is 162 Å². The summed E-state index contributed by atoms with van der Waals surface area (Å²) in [6.45, 7) is 6.35. The van der Waals surface area contributed by atoms with Crippen LogP contribution in [0.3, 0.4) is 0 Å². The first kappa shape index (κ1) is 19.6. The van der Waals surface area contributed by atoms with Gasteiger partial charge in [-0.05, 0) is 57.1 Å². The van der Waals surface area contributed by atoms with Crippen molar-refractivity contribution in [2.24, 2.45) is 5.92 Å². The molecule has 2 heterocycles. The van der Waals surface area contributed by atoms with E-state index in [9.17, 15) is 9.90 Å². The van der Waals surface area contributed by atoms with Gasteiger partial charge in [0, 0.05) is 31.7 Å². The van der Waals surface area contributed by atoms with Crippen molar-refractivity contribution in [1.29, 1.82) is 0 Å². The Morgan fingerprint density at radius 2 is 1.93 bits per heavy atom. The van der Waals surface area contributed by atoms with Gasteiger partial charge in [0.15, 0.2) is 0 Å². The number of aromatic nitrogens is 2. The number of likely N-dealkylation sites (tertiary alicyclic amines) is 1. The van der Waals surface area contributed by atoms with Gasteiger partial charge in [0.05, 0.1) is 11.8 Å². The third-order valence-electron chi connectivity index (χ3n) is 5.59. The fourth-order valence-electron chi connectivity index (χ4n) is 4.00. The third kappa shape index (κ3) is 5.42. The molecule has 0 saturated carbocycles. The van der Waals surface area contributed by atoms with Crippen LogP contribution in [0.5, 0.6) is 0 Å². The lowest BCUT2D eigenvalue weighted by Gasteiger charge is -2.34. The van der Waals surface area contributed by atoms with E-state index in [1.54, 1.807) is 0 Å². The van der Waals surface area contributed by atoms with Crippen molar-refractivity contribution >= 4 is 5.91 Å². The van der Waals surface area contributed by atoms with E-state index < -0.39 is 0 Å². The van der Waals surface area contributed by atoms with Crippen LogP contribution in [-0.2, 0) is 17.8 Å². The minimum absolute atomic E-state index is 0.229. The highest BCUT2D eigenvalue weighted by Gasteiger charge is 2.27. The van der Waals surface area contributed by atoms with Crippen molar-refractivity contribution in [3.8, 4) is 0 Å². The summed E-state index contributed by atoms with van der Waals surface area (Å²) in [4.78, 5) is 14.4. The number of rotatable bonds is 7. The molecule has 3 rings (SSSR count). The second-order valence-electron chi connectivity index (χ2n) is 7.73. The van der Waals surface area contributed by atoms with Gasteiger partial charge in [-0.25, -0.2) is 0 Å². The van der Waals surface area contributed by atoms with Crippen molar-refractivity contribution in [2.45, 2.75) is 58.6 Å². The Balaban J connectivity index is 1.39. The van der Waals surface area contributed by atoms with Crippen LogP contribution in [0.15, 0.2) is 36.4 Å². The lowest BCUT2D eigenvalue weighted by atomic mass is 9.88. The fraction of sp³-hybridized carbons (Fsp3) is 0.545. The summed E-state index contributed by atoms with van der Waals surface area (Å²) in [5.41, 5.74) is 3.34. The fourth-order valence-corrected chi connectivity index (χ4v) is 4.00. The van der Waals surface area contributed by atoms with Crippen molar-refractivity contribution < 1.29 is 9.90 Å². The van der Waals surface area contributed by atoms with Crippen molar-refractivity contribution in [1.82, 2.24) is 14.7 Å². The molecule has 1 aliphatic rings. The minimum atomic E-state index is -0.323. The second kappa shape index (κ2) is 9.18. The zero-order valence-corrected chi connectivity index (χ0v) is 16.5. The number of nitrogens with zero attached hydrogens (tertiary/aromatic N) is 3. The van der Waals surface area contributed by atoms with Gasteiger partial charge >= 0.3 is 0 Å². The van der Waals surface area contributed by atoms with Crippen molar-refractivity contribution in [3.05, 3.63) is 53.3 Å². The van der Waals surface area contributed by atoms with Gasteiger partial charge < -0.3 is 10.0 Å². The summed E-state index contributed by atoms with van der Waals surface area (Å²) >= 11 is 0. The van der Waals surface area contributed by atoms with Crippen LogP contribution in [-0.4, -0.2) is 44.9 Å². The first-order valence-corrected chi connectivity index (χ1v) is 10.0. The average Bonchev–Trinajstić information content (AvgIpc) is 2.99. The number of aliphatic hydroxyl groups is 1. The number of amides is 1. The summed E-state index contributed by atoms with van der Waals surface area (Å²) in [7, 11) is 0. The largest absolute Gasteiger partial charge is 0.392 e. The van der Waals surface area contributed by atoms with Gasteiger partial charge in [-0.1, -0.05) is 30.3 Å². The van der Waals surface area contributed by atoms with Crippen LogP contribution < -0.4 is 0 Å². The first-order valence-electron chi connectivity index (χ1n) is 10.0. The maximum Gasteiger partial charge on any atom is 0.222 e. The van der Waals surface area contributed by atoms with Crippen LogP contribution >= 0.6 is 0 Å². The van der Waals surface area contributed by atoms with Crippen LogP contribution in [0.2, 0.25) is 0 Å². The van der Waals surface area contributed by atoms with Gasteiger partial charge in [-0.2, -0.15) is 5.10 Å². The van der Waals surface area contributed by atoms with E-state index >= 15 is 0 Å². The zero-order valence-electron chi connectivity index (χ0n) is 16.5. The summed E-state index contributed by atoms with van der Waals surface area (Å²) in [5, 5.41) is 15.0. The van der Waals surface area contributed by atoms with Crippen LogP contribution in [0.25, 0.3) is 0 Å². The molecule has 0 aliphatic carbocycles. The maximum absolute atomic E-state index is 12.5. The zero-order chi connectivity index (χ0) is 19.2. The van der Waals surface area contributed by atoms with Gasteiger partial charge in [-0.15, -0.1) is 0 Å². The number of benzene rings is 1. The number of piperidine rings is 1. The highest BCUT2D eigenvalue weighted by atomic mass is 16.3.